The summed E-state index contributed by atoms with van der Waals surface area (Å²) in [7, 11) is -4.06. The van der Waals surface area contributed by atoms with Gasteiger partial charge < -0.3 is 15.0 Å². The van der Waals surface area contributed by atoms with E-state index >= 15 is 0 Å². The second kappa shape index (κ2) is 11.6. The molecule has 3 aromatic rings. The number of nitrogens with zero attached hydrogens (tertiary/aromatic N) is 2. The molecule has 0 radical (unpaired) electrons. The Bertz CT molecular complexity index is 1490. The van der Waals surface area contributed by atoms with Crippen molar-refractivity contribution < 1.29 is 35.5 Å². The van der Waals surface area contributed by atoms with Gasteiger partial charge in [-0.3, -0.25) is 4.79 Å². The number of carbonyl (C=O) groups is 1. The molecule has 1 saturated carbocycles. The van der Waals surface area contributed by atoms with E-state index in [4.69, 9.17) is 4.98 Å². The van der Waals surface area contributed by atoms with Gasteiger partial charge in [-0.15, -0.1) is 13.2 Å². The van der Waals surface area contributed by atoms with Crippen LogP contribution in [0.25, 0.3) is 11.3 Å². The summed E-state index contributed by atoms with van der Waals surface area (Å²) in [6.07, 6.45) is -1.42. The molecule has 1 saturated heterocycles. The molecule has 41 heavy (non-hydrogen) atoms. The smallest absolute Gasteiger partial charge is 0.406 e. The fourth-order valence-electron chi connectivity index (χ4n) is 4.70. The highest BCUT2D eigenvalue weighted by Gasteiger charge is 2.39. The molecule has 2 aromatic carbocycles. The third-order valence-electron chi connectivity index (χ3n) is 6.93. The van der Waals surface area contributed by atoms with Crippen LogP contribution >= 0.6 is 0 Å². The maximum absolute atomic E-state index is 13.3. The molecule has 218 valence electrons. The molecule has 0 spiro atoms. The minimum atomic E-state index is -4.80. The number of amides is 1. The average Bonchev–Trinajstić information content (AvgIpc) is 3.62. The number of carbonyl (C=O) groups excluding carboxylic acids is 1. The topological polar surface area (TPSA) is 101 Å². The van der Waals surface area contributed by atoms with Crippen LogP contribution in [0.15, 0.2) is 65.6 Å². The highest BCUT2D eigenvalue weighted by Crippen LogP contribution is 2.34. The third-order valence-corrected chi connectivity index (χ3v) is 8.39. The average molecular weight is 593 g/mol. The summed E-state index contributed by atoms with van der Waals surface area (Å²) in [5.41, 5.74) is 1.76. The van der Waals surface area contributed by atoms with Crippen LogP contribution in [0.1, 0.15) is 31.2 Å². The Labute approximate surface area is 234 Å². The van der Waals surface area contributed by atoms with E-state index in [2.05, 4.69) is 19.7 Å². The van der Waals surface area contributed by atoms with Gasteiger partial charge in [0.15, 0.2) is 0 Å². The molecule has 1 aliphatic carbocycles. The predicted octanol–water partition coefficient (Wildman–Crippen LogP) is 4.76. The van der Waals surface area contributed by atoms with Crippen LogP contribution in [-0.4, -0.2) is 44.8 Å². The number of ether oxygens (including phenoxy) is 1. The van der Waals surface area contributed by atoms with Crippen molar-refractivity contribution in [3.05, 3.63) is 72.0 Å². The Kier molecular flexibility index (Phi) is 8.18. The minimum Gasteiger partial charge on any atom is -0.406 e. The van der Waals surface area contributed by atoms with Crippen molar-refractivity contribution in [2.45, 2.75) is 49.5 Å². The quantitative estimate of drug-likeness (QED) is 0.330. The summed E-state index contributed by atoms with van der Waals surface area (Å²) < 4.78 is 83.1. The first-order valence-electron chi connectivity index (χ1n) is 13.1. The number of nitrogens with one attached hydrogen (secondary N) is 2. The lowest BCUT2D eigenvalue weighted by atomic mass is 10.1. The molecule has 2 N–H and O–H groups in total. The number of hydrogen-bond acceptors (Lipinski definition) is 6. The van der Waals surface area contributed by atoms with E-state index in [0.717, 1.165) is 50.2 Å². The summed E-state index contributed by atoms with van der Waals surface area (Å²) in [6, 6.07) is 12.3. The Hall–Kier alpha value is -3.71. The summed E-state index contributed by atoms with van der Waals surface area (Å²) in [5, 5.41) is 2.82. The highest BCUT2D eigenvalue weighted by molar-refractivity contribution is 7.89. The van der Waals surface area contributed by atoms with E-state index < -0.39 is 34.2 Å². The molecule has 5 rings (SSSR count). The number of pyridine rings is 1. The second-order valence-electron chi connectivity index (χ2n) is 10.1. The second-order valence-corrected chi connectivity index (χ2v) is 11.8. The Balaban J connectivity index is 1.33. The van der Waals surface area contributed by atoms with Crippen molar-refractivity contribution in [3.63, 3.8) is 0 Å². The van der Waals surface area contributed by atoms with Crippen LogP contribution in [0.3, 0.4) is 0 Å². The first-order valence-corrected chi connectivity index (χ1v) is 14.6. The van der Waals surface area contributed by atoms with Crippen LogP contribution in [-0.2, 0) is 21.4 Å². The lowest BCUT2D eigenvalue weighted by Gasteiger charge is -2.20. The Morgan fingerprint density at radius 2 is 1.68 bits per heavy atom. The number of aromatic nitrogens is 1. The number of hydrogen-bond donors (Lipinski definition) is 2. The van der Waals surface area contributed by atoms with E-state index in [1.807, 2.05) is 6.07 Å². The van der Waals surface area contributed by atoms with Gasteiger partial charge in [-0.05, 0) is 97.8 Å². The van der Waals surface area contributed by atoms with E-state index in [1.54, 1.807) is 6.07 Å². The monoisotopic (exact) mass is 592 g/mol. The number of sulfonamides is 1. The lowest BCUT2D eigenvalue weighted by Crippen LogP contribution is -2.47. The molecule has 1 amide bonds. The maximum Gasteiger partial charge on any atom is 0.573 e. The molecule has 0 bridgehead atoms. The standard InChI is InChI=1S/C28H28F4N4O4S/c29-21-7-11-23(12-8-21)41(38,39)35-26(20-3-4-20)27(37)33-17-18-15-24(34-25(16-18)36-13-1-2-14-36)19-5-9-22(10-6-19)40-28(30,31)32/h5-12,15-16,20,26,35H,1-4,13-14,17H2,(H,33,37). The van der Waals surface area contributed by atoms with Crippen molar-refractivity contribution >= 4 is 21.7 Å². The van der Waals surface area contributed by atoms with Gasteiger partial charge in [0.05, 0.1) is 10.6 Å². The molecule has 1 atom stereocenters. The van der Waals surface area contributed by atoms with Crippen LogP contribution in [0.2, 0.25) is 0 Å². The number of anilines is 1. The zero-order valence-electron chi connectivity index (χ0n) is 21.8. The van der Waals surface area contributed by atoms with Gasteiger partial charge in [0.25, 0.3) is 0 Å². The van der Waals surface area contributed by atoms with Crippen molar-refractivity contribution in [1.29, 1.82) is 0 Å². The highest BCUT2D eigenvalue weighted by atomic mass is 32.2. The fourth-order valence-corrected chi connectivity index (χ4v) is 5.96. The molecule has 2 heterocycles. The van der Waals surface area contributed by atoms with Crippen molar-refractivity contribution in [2.24, 2.45) is 5.92 Å². The SMILES string of the molecule is O=C(NCc1cc(-c2ccc(OC(F)(F)F)cc2)nc(N2CCCC2)c1)C(NS(=O)(=O)c1ccc(F)cc1)C1CC1. The summed E-state index contributed by atoms with van der Waals surface area (Å²) in [4.78, 5) is 19.8. The normalized spacial score (nSPS) is 16.4. The van der Waals surface area contributed by atoms with E-state index in [9.17, 15) is 30.8 Å². The van der Waals surface area contributed by atoms with Gasteiger partial charge in [-0.25, -0.2) is 17.8 Å². The van der Waals surface area contributed by atoms with Crippen LogP contribution in [0.5, 0.6) is 5.75 Å². The summed E-state index contributed by atoms with van der Waals surface area (Å²) in [5.74, 6) is -0.894. The van der Waals surface area contributed by atoms with Crippen LogP contribution in [0.4, 0.5) is 23.4 Å². The molecule has 2 fully saturated rings. The van der Waals surface area contributed by atoms with Crippen LogP contribution < -0.4 is 19.7 Å². The van der Waals surface area contributed by atoms with Gasteiger partial charge in [0.1, 0.15) is 23.4 Å². The molecule has 13 heteroatoms. The van der Waals surface area contributed by atoms with Crippen molar-refractivity contribution in [1.82, 2.24) is 15.0 Å². The van der Waals surface area contributed by atoms with Gasteiger partial charge in [0, 0.05) is 25.2 Å². The number of alkyl halides is 3. The predicted molar refractivity (Wildman–Crippen MR) is 143 cm³/mol. The fraction of sp³-hybridized carbons (Fsp3) is 0.357. The van der Waals surface area contributed by atoms with Crippen molar-refractivity contribution in [2.75, 3.05) is 18.0 Å². The first kappa shape index (κ1) is 28.8. The third kappa shape index (κ3) is 7.53. The Morgan fingerprint density at radius 1 is 1.02 bits per heavy atom. The molecule has 1 aliphatic heterocycles. The lowest BCUT2D eigenvalue weighted by molar-refractivity contribution is -0.274. The molecule has 1 unspecified atom stereocenters. The van der Waals surface area contributed by atoms with Crippen LogP contribution in [0, 0.1) is 11.7 Å². The van der Waals surface area contributed by atoms with E-state index in [0.29, 0.717) is 35.5 Å². The summed E-state index contributed by atoms with van der Waals surface area (Å²) in [6.45, 7) is 1.68. The summed E-state index contributed by atoms with van der Waals surface area (Å²) >= 11 is 0. The van der Waals surface area contributed by atoms with Crippen molar-refractivity contribution in [3.8, 4) is 17.0 Å². The number of benzene rings is 2. The van der Waals surface area contributed by atoms with Gasteiger partial charge >= 0.3 is 6.36 Å². The number of halogens is 4. The van der Waals surface area contributed by atoms with E-state index in [-0.39, 0.29) is 23.1 Å². The zero-order valence-corrected chi connectivity index (χ0v) is 22.6. The largest absolute Gasteiger partial charge is 0.573 e. The van der Waals surface area contributed by atoms with Gasteiger partial charge in [-0.1, -0.05) is 0 Å². The molecular weight excluding hydrogens is 564 g/mol. The Morgan fingerprint density at radius 3 is 2.29 bits per heavy atom. The van der Waals surface area contributed by atoms with Gasteiger partial charge in [-0.2, -0.15) is 4.72 Å². The molecule has 1 aromatic heterocycles. The minimum absolute atomic E-state index is 0.0754. The molecular formula is C28H28F4N4O4S. The first-order chi connectivity index (χ1) is 19.5. The van der Waals surface area contributed by atoms with E-state index in [1.165, 1.54) is 24.3 Å². The molecule has 8 nitrogen and oxygen atoms in total. The molecule has 2 aliphatic rings. The zero-order chi connectivity index (χ0) is 29.2. The number of rotatable bonds is 10. The maximum atomic E-state index is 13.3. The van der Waals surface area contributed by atoms with Gasteiger partial charge in [0.2, 0.25) is 15.9 Å².